The van der Waals surface area contributed by atoms with Crippen molar-refractivity contribution in [1.82, 2.24) is 0 Å². The molecule has 1 fully saturated rings. The normalized spacial score (nSPS) is 19.1. The molecule has 1 aromatic carbocycles. The fourth-order valence-electron chi connectivity index (χ4n) is 2.22. The quantitative estimate of drug-likeness (QED) is 0.854. The largest absolute Gasteiger partial charge is 0.376 e. The number of hydrogen-bond acceptors (Lipinski definition) is 2. The zero-order valence-electron chi connectivity index (χ0n) is 10.4. The van der Waals surface area contributed by atoms with E-state index >= 15 is 0 Å². The van der Waals surface area contributed by atoms with Gasteiger partial charge >= 0.3 is 0 Å². The molecule has 17 heavy (non-hydrogen) atoms. The average Bonchev–Trinajstić information content (AvgIpc) is 3.13. The monoisotopic (exact) mass is 237 g/mol. The molecule has 2 nitrogen and oxygen atoms in total. The fraction of sp³-hybridized carbons (Fsp3) is 0.571. The smallest absolute Gasteiger partial charge is 0.126 e. The Balaban J connectivity index is 2.15. The molecule has 2 atom stereocenters. The molecule has 3 heteroatoms. The third-order valence-electron chi connectivity index (χ3n) is 3.37. The highest BCUT2D eigenvalue weighted by atomic mass is 19.1. The molecule has 0 aromatic heterocycles. The minimum Gasteiger partial charge on any atom is -0.376 e. The van der Waals surface area contributed by atoms with Gasteiger partial charge in [-0.25, -0.2) is 4.39 Å². The van der Waals surface area contributed by atoms with Gasteiger partial charge in [0.05, 0.1) is 12.1 Å². The Bertz CT molecular complexity index is 390. The Hall–Kier alpha value is -0.930. The van der Waals surface area contributed by atoms with Gasteiger partial charge in [-0.2, -0.15) is 0 Å². The molecule has 1 aliphatic carbocycles. The molecule has 1 saturated carbocycles. The molecular formula is C14H20FNO. The van der Waals surface area contributed by atoms with Crippen LogP contribution in [0.2, 0.25) is 0 Å². The summed E-state index contributed by atoms with van der Waals surface area (Å²) in [4.78, 5) is 0. The summed E-state index contributed by atoms with van der Waals surface area (Å²) in [5.41, 5.74) is 7.85. The van der Waals surface area contributed by atoms with E-state index in [1.165, 1.54) is 18.9 Å². The zero-order valence-corrected chi connectivity index (χ0v) is 10.4. The highest BCUT2D eigenvalue weighted by Gasteiger charge is 2.36. The van der Waals surface area contributed by atoms with Crippen molar-refractivity contribution in [1.29, 1.82) is 0 Å². The second kappa shape index (κ2) is 5.15. The van der Waals surface area contributed by atoms with Crippen molar-refractivity contribution in [2.75, 3.05) is 6.61 Å². The predicted molar refractivity (Wildman–Crippen MR) is 66.2 cm³/mol. The topological polar surface area (TPSA) is 35.2 Å². The van der Waals surface area contributed by atoms with Gasteiger partial charge in [-0.15, -0.1) is 0 Å². The van der Waals surface area contributed by atoms with Gasteiger partial charge in [-0.1, -0.05) is 12.1 Å². The second-order valence-corrected chi connectivity index (χ2v) is 4.79. The summed E-state index contributed by atoms with van der Waals surface area (Å²) in [7, 11) is 0. The van der Waals surface area contributed by atoms with Gasteiger partial charge in [0, 0.05) is 6.61 Å². The third kappa shape index (κ3) is 2.85. The fourth-order valence-corrected chi connectivity index (χ4v) is 2.22. The summed E-state index contributed by atoms with van der Waals surface area (Å²) in [5.74, 6) is 0.399. The number of aryl methyl sites for hydroxylation is 1. The molecule has 0 spiro atoms. The molecule has 0 saturated heterocycles. The van der Waals surface area contributed by atoms with Crippen LogP contribution in [0.15, 0.2) is 18.2 Å². The molecule has 0 heterocycles. The van der Waals surface area contributed by atoms with Crippen molar-refractivity contribution in [2.24, 2.45) is 11.7 Å². The van der Waals surface area contributed by atoms with Gasteiger partial charge in [0.1, 0.15) is 5.82 Å². The number of ether oxygens (including phenoxy) is 1. The first-order chi connectivity index (χ1) is 8.13. The van der Waals surface area contributed by atoms with Crippen LogP contribution < -0.4 is 5.73 Å². The van der Waals surface area contributed by atoms with Crippen LogP contribution in [0.5, 0.6) is 0 Å². The van der Waals surface area contributed by atoms with Gasteiger partial charge in [0.25, 0.3) is 0 Å². The Morgan fingerprint density at radius 2 is 2.18 bits per heavy atom. The van der Waals surface area contributed by atoms with E-state index in [-0.39, 0.29) is 18.0 Å². The highest BCUT2D eigenvalue weighted by Crippen LogP contribution is 2.39. The minimum atomic E-state index is -0.180. The van der Waals surface area contributed by atoms with Crippen LogP contribution in [0.4, 0.5) is 4.39 Å². The lowest BCUT2D eigenvalue weighted by atomic mass is 9.97. The molecule has 0 aliphatic heterocycles. The molecule has 0 bridgehead atoms. The van der Waals surface area contributed by atoms with Crippen LogP contribution in [0.1, 0.15) is 36.9 Å². The van der Waals surface area contributed by atoms with E-state index < -0.39 is 0 Å². The summed E-state index contributed by atoms with van der Waals surface area (Å²) in [6.45, 7) is 4.42. The lowest BCUT2D eigenvalue weighted by molar-refractivity contribution is 0.0283. The molecule has 1 aromatic rings. The van der Waals surface area contributed by atoms with E-state index in [2.05, 4.69) is 0 Å². The van der Waals surface area contributed by atoms with E-state index in [0.29, 0.717) is 18.1 Å². The Morgan fingerprint density at radius 3 is 2.71 bits per heavy atom. The summed E-state index contributed by atoms with van der Waals surface area (Å²) in [6, 6.07) is 4.93. The van der Waals surface area contributed by atoms with Crippen LogP contribution >= 0.6 is 0 Å². The lowest BCUT2D eigenvalue weighted by Crippen LogP contribution is -2.31. The summed E-state index contributed by atoms with van der Waals surface area (Å²) in [6.07, 6.45) is 2.46. The summed E-state index contributed by atoms with van der Waals surface area (Å²) >= 11 is 0. The van der Waals surface area contributed by atoms with Crippen molar-refractivity contribution in [3.8, 4) is 0 Å². The molecule has 2 rings (SSSR count). The number of benzene rings is 1. The Kier molecular flexibility index (Phi) is 3.79. The van der Waals surface area contributed by atoms with Gasteiger partial charge < -0.3 is 10.5 Å². The molecule has 2 N–H and O–H groups in total. The van der Waals surface area contributed by atoms with Gasteiger partial charge in [-0.3, -0.25) is 0 Å². The Labute approximate surface area is 102 Å². The molecular weight excluding hydrogens is 217 g/mol. The van der Waals surface area contributed by atoms with Crippen molar-refractivity contribution < 1.29 is 9.13 Å². The Morgan fingerprint density at radius 1 is 1.47 bits per heavy atom. The molecule has 2 unspecified atom stereocenters. The standard InChI is InChI=1S/C14H20FNO/c1-3-17-14(10-4-5-10)13(16)11-6-7-12(15)9(2)8-11/h6-8,10,13-14H,3-5,16H2,1-2H3. The predicted octanol–water partition coefficient (Wildman–Crippen LogP) is 2.95. The second-order valence-electron chi connectivity index (χ2n) is 4.79. The molecule has 0 radical (unpaired) electrons. The SMILES string of the molecule is CCOC(C1CC1)C(N)c1ccc(F)c(C)c1. The summed E-state index contributed by atoms with van der Waals surface area (Å²) < 4.78 is 18.9. The van der Waals surface area contributed by atoms with Crippen molar-refractivity contribution in [2.45, 2.75) is 38.8 Å². The van der Waals surface area contributed by atoms with E-state index in [9.17, 15) is 4.39 Å². The zero-order chi connectivity index (χ0) is 12.4. The number of rotatable bonds is 5. The van der Waals surface area contributed by atoms with Crippen LogP contribution in [0.25, 0.3) is 0 Å². The lowest BCUT2D eigenvalue weighted by Gasteiger charge is -2.24. The first-order valence-electron chi connectivity index (χ1n) is 6.26. The third-order valence-corrected chi connectivity index (χ3v) is 3.37. The van der Waals surface area contributed by atoms with E-state index in [1.54, 1.807) is 13.0 Å². The first-order valence-corrected chi connectivity index (χ1v) is 6.26. The molecule has 0 amide bonds. The van der Waals surface area contributed by atoms with Crippen molar-refractivity contribution in [3.05, 3.63) is 35.1 Å². The van der Waals surface area contributed by atoms with Crippen molar-refractivity contribution >= 4 is 0 Å². The number of nitrogens with two attached hydrogens (primary N) is 1. The maximum atomic E-state index is 13.2. The minimum absolute atomic E-state index is 0.0739. The average molecular weight is 237 g/mol. The maximum Gasteiger partial charge on any atom is 0.126 e. The summed E-state index contributed by atoms with van der Waals surface area (Å²) in [5, 5.41) is 0. The van der Waals surface area contributed by atoms with E-state index in [0.717, 1.165) is 5.56 Å². The van der Waals surface area contributed by atoms with Crippen molar-refractivity contribution in [3.63, 3.8) is 0 Å². The maximum absolute atomic E-state index is 13.2. The van der Waals surface area contributed by atoms with Crippen LogP contribution in [0, 0.1) is 18.7 Å². The first kappa shape index (κ1) is 12.5. The number of halogens is 1. The molecule has 94 valence electrons. The van der Waals surface area contributed by atoms with Gasteiger partial charge in [0.2, 0.25) is 0 Å². The van der Waals surface area contributed by atoms with Gasteiger partial charge in [0.15, 0.2) is 0 Å². The molecule has 1 aliphatic rings. The van der Waals surface area contributed by atoms with Gasteiger partial charge in [-0.05, 0) is 49.8 Å². The van der Waals surface area contributed by atoms with Crippen LogP contribution in [-0.2, 0) is 4.74 Å². The van der Waals surface area contributed by atoms with Crippen LogP contribution in [0.3, 0.4) is 0 Å². The van der Waals surface area contributed by atoms with E-state index in [4.69, 9.17) is 10.5 Å². The van der Waals surface area contributed by atoms with Crippen LogP contribution in [-0.4, -0.2) is 12.7 Å². The van der Waals surface area contributed by atoms with E-state index in [1.807, 2.05) is 13.0 Å². The highest BCUT2D eigenvalue weighted by molar-refractivity contribution is 5.27. The number of hydrogen-bond donors (Lipinski definition) is 1.